The average Bonchev–Trinajstić information content (AvgIpc) is 2.93. The first-order valence-electron chi connectivity index (χ1n) is 12.3. The van der Waals surface area contributed by atoms with E-state index in [2.05, 4.69) is 21.5 Å². The number of aromatic nitrogens is 1. The van der Waals surface area contributed by atoms with E-state index in [-0.39, 0.29) is 17.7 Å². The van der Waals surface area contributed by atoms with Crippen LogP contribution in [0, 0.1) is 35.4 Å². The van der Waals surface area contributed by atoms with Crippen LogP contribution < -0.4 is 22.1 Å². The van der Waals surface area contributed by atoms with E-state index >= 15 is 0 Å². The van der Waals surface area contributed by atoms with Crippen molar-refractivity contribution in [3.8, 4) is 17.6 Å². The molecule has 8 nitrogen and oxygen atoms in total. The number of phenols is 1. The van der Waals surface area contributed by atoms with E-state index in [1.54, 1.807) is 12.1 Å². The highest BCUT2D eigenvalue weighted by Gasteiger charge is 2.24. The molecule has 1 heterocycles. The predicted octanol–water partition coefficient (Wildman–Crippen LogP) is 2.87. The number of nitrogens with one attached hydrogen (secondary N) is 2. The number of halogens is 4. The van der Waals surface area contributed by atoms with Crippen molar-refractivity contribution in [3.63, 3.8) is 0 Å². The van der Waals surface area contributed by atoms with Crippen molar-refractivity contribution in [1.29, 1.82) is 0 Å². The van der Waals surface area contributed by atoms with Gasteiger partial charge >= 0.3 is 0 Å². The molecule has 3 rings (SSSR count). The van der Waals surface area contributed by atoms with Crippen molar-refractivity contribution in [1.82, 2.24) is 10.3 Å². The number of hydrogen-bond donors (Lipinski definition) is 5. The van der Waals surface area contributed by atoms with Crippen LogP contribution in [0.3, 0.4) is 0 Å². The zero-order chi connectivity index (χ0) is 29.2. The van der Waals surface area contributed by atoms with Gasteiger partial charge in [0.25, 0.3) is 11.9 Å². The number of benzene rings is 2. The maximum Gasteiger partial charge on any atom is 0.253 e. The number of nitrogens with two attached hydrogens (primary N) is 2. The largest absolute Gasteiger partial charge is 0.508 e. The molecular formula is C28H27F4N5O3. The molecule has 3 aromatic rings. The highest BCUT2D eigenvalue weighted by molar-refractivity contribution is 5.97. The number of aromatic hydroxyl groups is 1. The Morgan fingerprint density at radius 3 is 2.12 bits per heavy atom. The van der Waals surface area contributed by atoms with Gasteiger partial charge in [0.2, 0.25) is 11.8 Å². The van der Waals surface area contributed by atoms with Gasteiger partial charge in [-0.25, -0.2) is 8.78 Å². The molecular weight excluding hydrogens is 530 g/mol. The Kier molecular flexibility index (Phi) is 10.6. The SMILES string of the molecule is NCCCCC(NC(=O)C(N)Cc1ccc(O)cc1)C(=O)Nc1ccc(C#Cc2c(F)c(F)nc(F)c2F)cc1. The van der Waals surface area contributed by atoms with Gasteiger partial charge in [0.1, 0.15) is 17.4 Å². The molecule has 1 aromatic heterocycles. The second-order valence-corrected chi connectivity index (χ2v) is 8.84. The normalized spacial score (nSPS) is 12.2. The average molecular weight is 558 g/mol. The summed E-state index contributed by atoms with van der Waals surface area (Å²) >= 11 is 0. The molecule has 7 N–H and O–H groups in total. The monoisotopic (exact) mass is 557 g/mol. The third kappa shape index (κ3) is 8.26. The lowest BCUT2D eigenvalue weighted by molar-refractivity contribution is -0.127. The number of amides is 2. The highest BCUT2D eigenvalue weighted by Crippen LogP contribution is 2.17. The van der Waals surface area contributed by atoms with Gasteiger partial charge in [0.05, 0.1) is 6.04 Å². The summed E-state index contributed by atoms with van der Waals surface area (Å²) in [6, 6.07) is 10.1. The number of carbonyl (C=O) groups excluding carboxylic acids is 2. The van der Waals surface area contributed by atoms with E-state index in [1.165, 1.54) is 36.4 Å². The van der Waals surface area contributed by atoms with Gasteiger partial charge in [-0.1, -0.05) is 24.0 Å². The van der Waals surface area contributed by atoms with Crippen LogP contribution in [0.1, 0.15) is 36.0 Å². The van der Waals surface area contributed by atoms with Crippen molar-refractivity contribution in [2.45, 2.75) is 37.8 Å². The number of pyridine rings is 1. The fourth-order valence-electron chi connectivity index (χ4n) is 3.62. The molecule has 0 spiro atoms. The molecule has 0 saturated carbocycles. The summed E-state index contributed by atoms with van der Waals surface area (Å²) in [5, 5.41) is 14.8. The Morgan fingerprint density at radius 2 is 1.52 bits per heavy atom. The van der Waals surface area contributed by atoms with E-state index in [1.807, 2.05) is 5.92 Å². The van der Waals surface area contributed by atoms with Crippen LogP contribution in [0.5, 0.6) is 5.75 Å². The molecule has 2 atom stereocenters. The second kappa shape index (κ2) is 14.1. The fourth-order valence-corrected chi connectivity index (χ4v) is 3.62. The topological polar surface area (TPSA) is 143 Å². The molecule has 12 heteroatoms. The lowest BCUT2D eigenvalue weighted by atomic mass is 10.0. The molecule has 2 unspecified atom stereocenters. The molecule has 0 fully saturated rings. The van der Waals surface area contributed by atoms with Gasteiger partial charge < -0.3 is 27.2 Å². The molecule has 0 saturated heterocycles. The van der Waals surface area contributed by atoms with Crippen LogP contribution in [0.25, 0.3) is 0 Å². The minimum absolute atomic E-state index is 0.0841. The maximum atomic E-state index is 13.8. The number of carbonyl (C=O) groups is 2. The first-order chi connectivity index (χ1) is 19.1. The molecule has 2 amide bonds. The van der Waals surface area contributed by atoms with Gasteiger partial charge in [0, 0.05) is 11.3 Å². The van der Waals surface area contributed by atoms with Gasteiger partial charge in [-0.05, 0) is 74.2 Å². The molecule has 210 valence electrons. The van der Waals surface area contributed by atoms with Crippen molar-refractivity contribution in [2.75, 3.05) is 11.9 Å². The first kappa shape index (κ1) is 30.1. The van der Waals surface area contributed by atoms with Gasteiger partial charge in [0.15, 0.2) is 11.6 Å². The Labute approximate surface area is 227 Å². The zero-order valence-electron chi connectivity index (χ0n) is 21.2. The Hall–Kier alpha value is -4.47. The van der Waals surface area contributed by atoms with E-state index in [4.69, 9.17) is 11.5 Å². The number of anilines is 1. The number of unbranched alkanes of at least 4 members (excludes halogenated alkanes) is 1. The third-order valence-electron chi connectivity index (χ3n) is 5.79. The minimum Gasteiger partial charge on any atom is -0.508 e. The Bertz CT molecular complexity index is 1380. The molecule has 0 aliphatic carbocycles. The van der Waals surface area contributed by atoms with Gasteiger partial charge in [-0.2, -0.15) is 13.8 Å². The summed E-state index contributed by atoms with van der Waals surface area (Å²) in [6.07, 6.45) is 1.71. The Balaban J connectivity index is 1.67. The third-order valence-corrected chi connectivity index (χ3v) is 5.79. The van der Waals surface area contributed by atoms with Crippen LogP contribution in [-0.4, -0.2) is 40.5 Å². The van der Waals surface area contributed by atoms with E-state index < -0.39 is 53.0 Å². The van der Waals surface area contributed by atoms with Gasteiger partial charge in [-0.3, -0.25) is 9.59 Å². The summed E-state index contributed by atoms with van der Waals surface area (Å²) < 4.78 is 54.0. The van der Waals surface area contributed by atoms with Crippen LogP contribution in [0.4, 0.5) is 23.2 Å². The van der Waals surface area contributed by atoms with Crippen LogP contribution in [-0.2, 0) is 16.0 Å². The molecule has 0 bridgehead atoms. The highest BCUT2D eigenvalue weighted by atomic mass is 19.2. The minimum atomic E-state index is -1.81. The number of rotatable bonds is 10. The van der Waals surface area contributed by atoms with Crippen molar-refractivity contribution in [2.24, 2.45) is 11.5 Å². The number of phenolic OH excluding ortho intramolecular Hbond substituents is 1. The van der Waals surface area contributed by atoms with Crippen LogP contribution in [0.15, 0.2) is 48.5 Å². The predicted molar refractivity (Wildman–Crippen MR) is 140 cm³/mol. The molecule has 0 radical (unpaired) electrons. The summed E-state index contributed by atoms with van der Waals surface area (Å²) in [5.74, 6) is -3.54. The molecule has 0 aliphatic heterocycles. The van der Waals surface area contributed by atoms with E-state index in [9.17, 15) is 32.3 Å². The quantitative estimate of drug-likeness (QED) is 0.112. The standard InChI is InChI=1S/C28H27F4N5O3/c29-23-20(24(30)26(32)37-25(23)31)13-8-16-4-9-18(10-5-16)35-28(40)22(3-1-2-14-33)36-27(39)21(34)15-17-6-11-19(38)12-7-17/h4-7,9-12,21-22,38H,1-3,14-15,33-34H2,(H,35,40)(H,36,39). The Morgan fingerprint density at radius 1 is 0.900 bits per heavy atom. The van der Waals surface area contributed by atoms with Crippen molar-refractivity contribution >= 4 is 17.5 Å². The van der Waals surface area contributed by atoms with Crippen molar-refractivity contribution < 1.29 is 32.3 Å². The van der Waals surface area contributed by atoms with E-state index in [0.717, 1.165) is 5.56 Å². The zero-order valence-corrected chi connectivity index (χ0v) is 21.2. The smallest absolute Gasteiger partial charge is 0.253 e. The number of hydrogen-bond acceptors (Lipinski definition) is 6. The summed E-state index contributed by atoms with van der Waals surface area (Å²) in [6.45, 7) is 0.414. The van der Waals surface area contributed by atoms with Crippen LogP contribution >= 0.6 is 0 Å². The first-order valence-corrected chi connectivity index (χ1v) is 12.3. The van der Waals surface area contributed by atoms with E-state index in [0.29, 0.717) is 31.5 Å². The molecule has 40 heavy (non-hydrogen) atoms. The van der Waals surface area contributed by atoms with Gasteiger partial charge in [-0.15, -0.1) is 0 Å². The summed E-state index contributed by atoms with van der Waals surface area (Å²) in [4.78, 5) is 28.2. The lowest BCUT2D eigenvalue weighted by Crippen LogP contribution is -2.50. The van der Waals surface area contributed by atoms with Crippen LogP contribution in [0.2, 0.25) is 0 Å². The molecule has 2 aromatic carbocycles. The number of nitrogens with zero attached hydrogens (tertiary/aromatic N) is 1. The molecule has 0 aliphatic rings. The van der Waals surface area contributed by atoms with Crippen molar-refractivity contribution in [3.05, 3.63) is 88.8 Å². The second-order valence-electron chi connectivity index (χ2n) is 8.84. The summed E-state index contributed by atoms with van der Waals surface area (Å²) in [5.41, 5.74) is 11.8. The fraction of sp³-hybridized carbons (Fsp3) is 0.250. The summed E-state index contributed by atoms with van der Waals surface area (Å²) in [7, 11) is 0. The lowest BCUT2D eigenvalue weighted by Gasteiger charge is -2.21. The maximum absolute atomic E-state index is 13.8.